The highest BCUT2D eigenvalue weighted by Crippen LogP contribution is 2.26. The molecule has 2 rings (SSSR count). The van der Waals surface area contributed by atoms with Crippen molar-refractivity contribution in [1.29, 1.82) is 0 Å². The highest BCUT2D eigenvalue weighted by atomic mass is 16.6. The third kappa shape index (κ3) is 3.60. The van der Waals surface area contributed by atoms with Gasteiger partial charge in [0.05, 0.1) is 11.5 Å². The van der Waals surface area contributed by atoms with E-state index < -0.39 is 4.92 Å². The molecule has 21 heavy (non-hydrogen) atoms. The molecule has 1 heterocycles. The van der Waals surface area contributed by atoms with Crippen LogP contribution in [0.1, 0.15) is 0 Å². The summed E-state index contributed by atoms with van der Waals surface area (Å²) in [6.07, 6.45) is 0. The molecule has 0 unspecified atom stereocenters. The molecule has 0 atom stereocenters. The third-order valence-corrected chi connectivity index (χ3v) is 3.49. The maximum atomic E-state index is 12.2. The number of nitrogens with two attached hydrogens (primary N) is 1. The van der Waals surface area contributed by atoms with Gasteiger partial charge in [0, 0.05) is 45.0 Å². The van der Waals surface area contributed by atoms with E-state index in [0.29, 0.717) is 18.8 Å². The Bertz CT molecular complexity index is 543. The van der Waals surface area contributed by atoms with Crippen molar-refractivity contribution in [3.8, 4) is 0 Å². The van der Waals surface area contributed by atoms with Gasteiger partial charge in [-0.3, -0.25) is 14.9 Å². The molecule has 1 fully saturated rings. The molecule has 3 N–H and O–H groups in total. The van der Waals surface area contributed by atoms with E-state index in [-0.39, 0.29) is 23.8 Å². The van der Waals surface area contributed by atoms with Gasteiger partial charge in [0.1, 0.15) is 5.69 Å². The molecule has 114 valence electrons. The van der Waals surface area contributed by atoms with Gasteiger partial charge in [-0.25, -0.2) is 0 Å². The van der Waals surface area contributed by atoms with Crippen LogP contribution < -0.4 is 16.0 Å². The van der Waals surface area contributed by atoms with Crippen molar-refractivity contribution in [3.05, 3.63) is 28.3 Å². The zero-order valence-corrected chi connectivity index (χ0v) is 11.9. The second-order valence-electron chi connectivity index (χ2n) is 4.99. The highest BCUT2D eigenvalue weighted by molar-refractivity contribution is 5.82. The minimum absolute atomic E-state index is 0.0379. The standard InChI is InChI=1S/C13H19N5O3/c1-16(9-13(19)17-6-4-15-5-7-17)10-2-3-12(18(20)21)11(14)8-10/h2-3,8,15H,4-7,9,14H2,1H3. The van der Waals surface area contributed by atoms with Crippen molar-refractivity contribution in [2.75, 3.05) is 50.4 Å². The normalized spacial score (nSPS) is 14.8. The first-order chi connectivity index (χ1) is 9.99. The highest BCUT2D eigenvalue weighted by Gasteiger charge is 2.19. The first-order valence-corrected chi connectivity index (χ1v) is 6.72. The largest absolute Gasteiger partial charge is 0.393 e. The summed E-state index contributed by atoms with van der Waals surface area (Å²) in [5, 5.41) is 13.9. The maximum absolute atomic E-state index is 12.2. The molecule has 1 aromatic rings. The van der Waals surface area contributed by atoms with E-state index in [1.807, 2.05) is 4.90 Å². The summed E-state index contributed by atoms with van der Waals surface area (Å²) < 4.78 is 0. The second-order valence-corrected chi connectivity index (χ2v) is 4.99. The molecule has 1 aliphatic heterocycles. The molecule has 1 aliphatic rings. The predicted molar refractivity (Wildman–Crippen MR) is 80.2 cm³/mol. The van der Waals surface area contributed by atoms with E-state index in [0.717, 1.165) is 13.1 Å². The number of nitro groups is 1. The van der Waals surface area contributed by atoms with Crippen molar-refractivity contribution >= 4 is 23.0 Å². The van der Waals surface area contributed by atoms with Gasteiger partial charge in [0.25, 0.3) is 5.69 Å². The molecule has 0 spiro atoms. The monoisotopic (exact) mass is 293 g/mol. The van der Waals surface area contributed by atoms with Crippen LogP contribution in [0.5, 0.6) is 0 Å². The number of amides is 1. The van der Waals surface area contributed by atoms with E-state index in [1.54, 1.807) is 18.0 Å². The van der Waals surface area contributed by atoms with Crippen molar-refractivity contribution in [2.45, 2.75) is 0 Å². The quantitative estimate of drug-likeness (QED) is 0.461. The van der Waals surface area contributed by atoms with Gasteiger partial charge < -0.3 is 20.9 Å². The average molecular weight is 293 g/mol. The molecule has 1 aromatic carbocycles. The fourth-order valence-corrected chi connectivity index (χ4v) is 2.25. The lowest BCUT2D eigenvalue weighted by molar-refractivity contribution is -0.383. The summed E-state index contributed by atoms with van der Waals surface area (Å²) >= 11 is 0. The molecular formula is C13H19N5O3. The Balaban J connectivity index is 2.02. The predicted octanol–water partition coefficient (Wildman–Crippen LogP) is 0.0450. The van der Waals surface area contributed by atoms with Crippen LogP contribution in [0.25, 0.3) is 0 Å². The van der Waals surface area contributed by atoms with E-state index >= 15 is 0 Å². The maximum Gasteiger partial charge on any atom is 0.292 e. The van der Waals surface area contributed by atoms with Gasteiger partial charge in [0.2, 0.25) is 5.91 Å². The Morgan fingerprint density at radius 3 is 2.71 bits per heavy atom. The van der Waals surface area contributed by atoms with Crippen molar-refractivity contribution in [1.82, 2.24) is 10.2 Å². The van der Waals surface area contributed by atoms with Crippen LogP contribution in [0.2, 0.25) is 0 Å². The summed E-state index contributed by atoms with van der Waals surface area (Å²) in [5.41, 5.74) is 6.32. The lowest BCUT2D eigenvalue weighted by Gasteiger charge is -2.29. The first kappa shape index (κ1) is 15.0. The van der Waals surface area contributed by atoms with Crippen LogP contribution in [0.3, 0.4) is 0 Å². The minimum Gasteiger partial charge on any atom is -0.393 e. The van der Waals surface area contributed by atoms with E-state index in [9.17, 15) is 14.9 Å². The number of carbonyl (C=O) groups excluding carboxylic acids is 1. The number of likely N-dealkylation sites (N-methyl/N-ethyl adjacent to an activating group) is 1. The van der Waals surface area contributed by atoms with Gasteiger partial charge in [-0.05, 0) is 12.1 Å². The SMILES string of the molecule is CN(CC(=O)N1CCNCC1)c1ccc([N+](=O)[O-])c(N)c1. The van der Waals surface area contributed by atoms with E-state index in [1.165, 1.54) is 12.1 Å². The summed E-state index contributed by atoms with van der Waals surface area (Å²) in [6, 6.07) is 4.47. The molecule has 1 saturated heterocycles. The number of nitro benzene ring substituents is 1. The molecule has 0 saturated carbocycles. The summed E-state index contributed by atoms with van der Waals surface area (Å²) in [6.45, 7) is 3.24. The van der Waals surface area contributed by atoms with Gasteiger partial charge in [-0.15, -0.1) is 0 Å². The first-order valence-electron chi connectivity index (χ1n) is 6.72. The number of hydrogen-bond donors (Lipinski definition) is 2. The topological polar surface area (TPSA) is 105 Å². The molecular weight excluding hydrogens is 274 g/mol. The third-order valence-electron chi connectivity index (χ3n) is 3.49. The second kappa shape index (κ2) is 6.40. The van der Waals surface area contributed by atoms with Gasteiger partial charge >= 0.3 is 0 Å². The number of nitrogen functional groups attached to an aromatic ring is 1. The smallest absolute Gasteiger partial charge is 0.292 e. The lowest BCUT2D eigenvalue weighted by atomic mass is 10.2. The molecule has 8 heteroatoms. The zero-order chi connectivity index (χ0) is 15.4. The zero-order valence-electron chi connectivity index (χ0n) is 11.9. The lowest BCUT2D eigenvalue weighted by Crippen LogP contribution is -2.49. The van der Waals surface area contributed by atoms with Gasteiger partial charge in [-0.1, -0.05) is 0 Å². The molecule has 0 bridgehead atoms. The van der Waals surface area contributed by atoms with Crippen LogP contribution in [-0.2, 0) is 4.79 Å². The Kier molecular flexibility index (Phi) is 4.59. The van der Waals surface area contributed by atoms with Crippen LogP contribution in [0.15, 0.2) is 18.2 Å². The van der Waals surface area contributed by atoms with Crippen molar-refractivity contribution in [2.24, 2.45) is 0 Å². The molecule has 0 radical (unpaired) electrons. The van der Waals surface area contributed by atoms with Crippen molar-refractivity contribution < 1.29 is 9.72 Å². The molecule has 0 aromatic heterocycles. The summed E-state index contributed by atoms with van der Waals surface area (Å²) in [4.78, 5) is 25.9. The van der Waals surface area contributed by atoms with Crippen LogP contribution in [0.4, 0.5) is 17.1 Å². The fourth-order valence-electron chi connectivity index (χ4n) is 2.25. The molecule has 1 amide bonds. The molecule has 8 nitrogen and oxygen atoms in total. The number of hydrogen-bond acceptors (Lipinski definition) is 6. The number of nitrogens with one attached hydrogen (secondary N) is 1. The Morgan fingerprint density at radius 2 is 2.14 bits per heavy atom. The van der Waals surface area contributed by atoms with Crippen molar-refractivity contribution in [3.63, 3.8) is 0 Å². The molecule has 0 aliphatic carbocycles. The Morgan fingerprint density at radius 1 is 1.48 bits per heavy atom. The number of carbonyl (C=O) groups is 1. The van der Waals surface area contributed by atoms with Crippen LogP contribution in [0, 0.1) is 10.1 Å². The van der Waals surface area contributed by atoms with E-state index in [4.69, 9.17) is 5.73 Å². The minimum atomic E-state index is -0.523. The van der Waals surface area contributed by atoms with Crippen LogP contribution >= 0.6 is 0 Å². The fraction of sp³-hybridized carbons (Fsp3) is 0.462. The number of piperazine rings is 1. The average Bonchev–Trinajstić information content (AvgIpc) is 2.47. The number of benzene rings is 1. The number of nitrogens with zero attached hydrogens (tertiary/aromatic N) is 3. The summed E-state index contributed by atoms with van der Waals surface area (Å²) in [7, 11) is 1.76. The van der Waals surface area contributed by atoms with Crippen LogP contribution in [-0.4, -0.2) is 55.5 Å². The van der Waals surface area contributed by atoms with Gasteiger partial charge in [-0.2, -0.15) is 0 Å². The Labute approximate surface area is 122 Å². The van der Waals surface area contributed by atoms with Gasteiger partial charge in [0.15, 0.2) is 0 Å². The number of rotatable bonds is 4. The summed E-state index contributed by atoms with van der Waals surface area (Å²) in [5.74, 6) is 0.0379. The van der Waals surface area contributed by atoms with E-state index in [2.05, 4.69) is 5.32 Å². The Hall–Kier alpha value is -2.35. The number of anilines is 2.